The van der Waals surface area contributed by atoms with Gasteiger partial charge in [0.2, 0.25) is 0 Å². The van der Waals surface area contributed by atoms with Crippen LogP contribution in [0, 0.1) is 0 Å². The molecule has 0 N–H and O–H groups in total. The zero-order chi connectivity index (χ0) is 8.32. The summed E-state index contributed by atoms with van der Waals surface area (Å²) in [5, 5.41) is 0. The third kappa shape index (κ3) is 3.37. The van der Waals surface area contributed by atoms with Crippen LogP contribution in [0.4, 0.5) is 0 Å². The number of hydrogen-bond donors (Lipinski definition) is 0. The Bertz CT molecular complexity index is 217. The molecular weight excluding hydrogens is 206 g/mol. The van der Waals surface area contributed by atoms with Gasteiger partial charge in [0, 0.05) is 6.20 Å². The van der Waals surface area contributed by atoms with E-state index in [9.17, 15) is 0 Å². The fourth-order valence-electron chi connectivity index (χ4n) is 0.688. The van der Waals surface area contributed by atoms with E-state index >= 15 is 0 Å². The number of alkyl halides is 1. The maximum atomic E-state index is 5.46. The van der Waals surface area contributed by atoms with E-state index < -0.39 is 0 Å². The molecule has 0 aliphatic carbocycles. The molecule has 2 nitrogen and oxygen atoms in total. The maximum absolute atomic E-state index is 5.46. The van der Waals surface area contributed by atoms with E-state index in [1.165, 1.54) is 0 Å². The van der Waals surface area contributed by atoms with Crippen LogP contribution < -0.4 is 4.74 Å². The van der Waals surface area contributed by atoms with E-state index in [0.717, 1.165) is 5.75 Å². The molecule has 0 radical (unpaired) electrons. The number of pyridine rings is 1. The van der Waals surface area contributed by atoms with Gasteiger partial charge in [0.25, 0.3) is 0 Å². The first-order chi connectivity index (χ1) is 5.08. The summed E-state index contributed by atoms with van der Waals surface area (Å²) in [6.07, 6.45) is 3.40. The predicted octanol–water partition coefficient (Wildman–Crippen LogP) is 2.59. The summed E-state index contributed by atoms with van der Waals surface area (Å²) in [5.74, 6) is 0.773. The van der Waals surface area contributed by atoms with E-state index in [-0.39, 0.29) is 4.51 Å². The van der Waals surface area contributed by atoms with Gasteiger partial charge in [-0.05, 0) is 41.9 Å². The van der Waals surface area contributed by atoms with Crippen molar-refractivity contribution in [2.75, 3.05) is 0 Å². The van der Waals surface area contributed by atoms with Crippen molar-refractivity contribution in [3.05, 3.63) is 24.5 Å². The standard InChI is InChI=1S/C8H10BrNO/c1-8(2,9)11-7-4-3-5-10-6-7/h3-6H,1-2H3. The predicted molar refractivity (Wildman–Crippen MR) is 47.9 cm³/mol. The highest BCUT2D eigenvalue weighted by molar-refractivity contribution is 9.10. The van der Waals surface area contributed by atoms with E-state index in [4.69, 9.17) is 4.74 Å². The SMILES string of the molecule is CC(C)(Br)Oc1cccnc1. The van der Waals surface area contributed by atoms with Gasteiger partial charge in [-0.1, -0.05) is 0 Å². The molecule has 11 heavy (non-hydrogen) atoms. The molecule has 0 spiro atoms. The van der Waals surface area contributed by atoms with Gasteiger partial charge < -0.3 is 4.74 Å². The minimum absolute atomic E-state index is 0.323. The highest BCUT2D eigenvalue weighted by Crippen LogP contribution is 2.21. The smallest absolute Gasteiger partial charge is 0.157 e. The largest absolute Gasteiger partial charge is 0.475 e. The van der Waals surface area contributed by atoms with E-state index in [1.807, 2.05) is 26.0 Å². The van der Waals surface area contributed by atoms with Gasteiger partial charge >= 0.3 is 0 Å². The third-order valence-electron chi connectivity index (χ3n) is 0.995. The minimum Gasteiger partial charge on any atom is -0.475 e. The Morgan fingerprint density at radius 2 is 2.27 bits per heavy atom. The molecule has 1 aromatic rings. The quantitative estimate of drug-likeness (QED) is 0.709. The summed E-state index contributed by atoms with van der Waals surface area (Å²) in [7, 11) is 0. The molecule has 0 fully saturated rings. The van der Waals surface area contributed by atoms with Crippen LogP contribution in [0.15, 0.2) is 24.5 Å². The first-order valence-electron chi connectivity index (χ1n) is 3.36. The first kappa shape index (κ1) is 8.53. The average molecular weight is 216 g/mol. The molecule has 0 aromatic carbocycles. The molecule has 0 amide bonds. The number of rotatable bonds is 2. The maximum Gasteiger partial charge on any atom is 0.157 e. The van der Waals surface area contributed by atoms with Crippen LogP contribution in [-0.2, 0) is 0 Å². The summed E-state index contributed by atoms with van der Waals surface area (Å²) >= 11 is 3.37. The van der Waals surface area contributed by atoms with Crippen molar-refractivity contribution in [2.45, 2.75) is 18.4 Å². The molecule has 60 valence electrons. The molecule has 3 heteroatoms. The fourth-order valence-corrected chi connectivity index (χ4v) is 0.875. The van der Waals surface area contributed by atoms with Crippen molar-refractivity contribution in [1.29, 1.82) is 0 Å². The van der Waals surface area contributed by atoms with Gasteiger partial charge in [-0.2, -0.15) is 0 Å². The van der Waals surface area contributed by atoms with Gasteiger partial charge in [0.1, 0.15) is 5.75 Å². The van der Waals surface area contributed by atoms with Crippen LogP contribution in [0.3, 0.4) is 0 Å². The second-order valence-electron chi connectivity index (χ2n) is 2.65. The number of hydrogen-bond acceptors (Lipinski definition) is 2. The Kier molecular flexibility index (Phi) is 2.49. The summed E-state index contributed by atoms with van der Waals surface area (Å²) in [4.78, 5) is 3.92. The lowest BCUT2D eigenvalue weighted by Crippen LogP contribution is -2.18. The van der Waals surface area contributed by atoms with Gasteiger partial charge in [-0.15, -0.1) is 0 Å². The third-order valence-corrected chi connectivity index (χ3v) is 1.16. The molecule has 1 aromatic heterocycles. The fraction of sp³-hybridized carbons (Fsp3) is 0.375. The van der Waals surface area contributed by atoms with Crippen molar-refractivity contribution in [3.63, 3.8) is 0 Å². The van der Waals surface area contributed by atoms with Crippen LogP contribution >= 0.6 is 15.9 Å². The van der Waals surface area contributed by atoms with Crippen molar-refractivity contribution < 1.29 is 4.74 Å². The number of aromatic nitrogens is 1. The Hall–Kier alpha value is -0.570. The Labute approximate surface area is 74.7 Å². The Morgan fingerprint density at radius 3 is 2.73 bits per heavy atom. The average Bonchev–Trinajstić information content (AvgIpc) is 1.85. The van der Waals surface area contributed by atoms with E-state index in [0.29, 0.717) is 0 Å². The lowest BCUT2D eigenvalue weighted by Gasteiger charge is -2.18. The van der Waals surface area contributed by atoms with Gasteiger partial charge in [-0.25, -0.2) is 0 Å². The molecule has 0 saturated heterocycles. The zero-order valence-electron chi connectivity index (χ0n) is 6.54. The minimum atomic E-state index is -0.323. The van der Waals surface area contributed by atoms with Crippen LogP contribution in [0.2, 0.25) is 0 Å². The number of nitrogens with zero attached hydrogens (tertiary/aromatic N) is 1. The van der Waals surface area contributed by atoms with Crippen LogP contribution in [0.5, 0.6) is 5.75 Å². The second-order valence-corrected chi connectivity index (χ2v) is 4.56. The van der Waals surface area contributed by atoms with Gasteiger partial charge in [0.15, 0.2) is 4.51 Å². The van der Waals surface area contributed by atoms with E-state index in [1.54, 1.807) is 12.4 Å². The second kappa shape index (κ2) is 3.22. The van der Waals surface area contributed by atoms with Crippen molar-refractivity contribution in [3.8, 4) is 5.75 Å². The highest BCUT2D eigenvalue weighted by Gasteiger charge is 2.13. The molecule has 0 bridgehead atoms. The Balaban J connectivity index is 2.66. The van der Waals surface area contributed by atoms with Crippen LogP contribution in [0.25, 0.3) is 0 Å². The molecule has 0 aliphatic heterocycles. The summed E-state index contributed by atoms with van der Waals surface area (Å²) < 4.78 is 5.13. The molecule has 0 saturated carbocycles. The van der Waals surface area contributed by atoms with Crippen molar-refractivity contribution in [2.24, 2.45) is 0 Å². The molecule has 1 heterocycles. The monoisotopic (exact) mass is 215 g/mol. The topological polar surface area (TPSA) is 22.1 Å². The zero-order valence-corrected chi connectivity index (χ0v) is 8.13. The van der Waals surface area contributed by atoms with Crippen molar-refractivity contribution >= 4 is 15.9 Å². The summed E-state index contributed by atoms with van der Waals surface area (Å²) in [5.41, 5.74) is 0. The first-order valence-corrected chi connectivity index (χ1v) is 4.15. The number of ether oxygens (including phenoxy) is 1. The molecule has 1 rings (SSSR count). The molecule has 0 aliphatic rings. The van der Waals surface area contributed by atoms with Crippen LogP contribution in [-0.4, -0.2) is 9.49 Å². The van der Waals surface area contributed by atoms with E-state index in [2.05, 4.69) is 20.9 Å². The molecular formula is C8H10BrNO. The number of halogens is 1. The van der Waals surface area contributed by atoms with Gasteiger partial charge in [-0.3, -0.25) is 4.98 Å². The molecule has 0 unspecified atom stereocenters. The molecule has 0 atom stereocenters. The summed E-state index contributed by atoms with van der Waals surface area (Å²) in [6.45, 7) is 3.86. The lowest BCUT2D eigenvalue weighted by molar-refractivity contribution is 0.214. The summed E-state index contributed by atoms with van der Waals surface area (Å²) in [6, 6.07) is 3.71. The highest BCUT2D eigenvalue weighted by atomic mass is 79.9. The Morgan fingerprint density at radius 1 is 1.55 bits per heavy atom. The normalized spacial score (nSPS) is 11.2. The van der Waals surface area contributed by atoms with Gasteiger partial charge in [0.05, 0.1) is 6.20 Å². The van der Waals surface area contributed by atoms with Crippen molar-refractivity contribution in [1.82, 2.24) is 4.98 Å². The van der Waals surface area contributed by atoms with Crippen LogP contribution in [0.1, 0.15) is 13.8 Å². The lowest BCUT2D eigenvalue weighted by atomic mass is 10.4.